The summed E-state index contributed by atoms with van der Waals surface area (Å²) in [7, 11) is 2.16. The SMILES string of the molecule is CN1CCN(CCCNC(=O)Nc2ccc(C(C)(C)C)cc2)CC1. The van der Waals surface area contributed by atoms with Crippen LogP contribution < -0.4 is 10.6 Å². The minimum atomic E-state index is -0.128. The highest BCUT2D eigenvalue weighted by molar-refractivity contribution is 5.89. The van der Waals surface area contributed by atoms with Crippen molar-refractivity contribution in [3.63, 3.8) is 0 Å². The van der Waals surface area contributed by atoms with Crippen LogP contribution in [0.3, 0.4) is 0 Å². The van der Waals surface area contributed by atoms with Crippen LogP contribution in [-0.2, 0) is 5.41 Å². The molecule has 0 aromatic heterocycles. The van der Waals surface area contributed by atoms with Gasteiger partial charge in [-0.3, -0.25) is 0 Å². The Hall–Kier alpha value is -1.59. The number of carbonyl (C=O) groups is 1. The maximum Gasteiger partial charge on any atom is 0.319 e. The molecule has 1 aromatic carbocycles. The van der Waals surface area contributed by atoms with Crippen molar-refractivity contribution >= 4 is 11.7 Å². The molecule has 0 atom stereocenters. The van der Waals surface area contributed by atoms with Crippen LogP contribution in [-0.4, -0.2) is 62.1 Å². The van der Waals surface area contributed by atoms with Gasteiger partial charge < -0.3 is 20.4 Å². The van der Waals surface area contributed by atoms with E-state index < -0.39 is 0 Å². The third-order valence-electron chi connectivity index (χ3n) is 4.54. The predicted octanol–water partition coefficient (Wildman–Crippen LogP) is 2.74. The first-order valence-corrected chi connectivity index (χ1v) is 8.91. The first kappa shape index (κ1) is 18.7. The van der Waals surface area contributed by atoms with E-state index in [-0.39, 0.29) is 11.4 Å². The Labute approximate surface area is 146 Å². The largest absolute Gasteiger partial charge is 0.338 e. The molecule has 0 unspecified atom stereocenters. The molecule has 134 valence electrons. The van der Waals surface area contributed by atoms with E-state index in [0.29, 0.717) is 6.54 Å². The molecule has 0 spiro atoms. The van der Waals surface area contributed by atoms with E-state index in [1.807, 2.05) is 12.1 Å². The number of anilines is 1. The van der Waals surface area contributed by atoms with Crippen LogP contribution in [0.5, 0.6) is 0 Å². The van der Waals surface area contributed by atoms with Gasteiger partial charge in [-0.15, -0.1) is 0 Å². The molecule has 2 N–H and O–H groups in total. The number of carbonyl (C=O) groups excluding carboxylic acids is 1. The Morgan fingerprint density at radius 1 is 1.08 bits per heavy atom. The molecule has 2 rings (SSSR count). The lowest BCUT2D eigenvalue weighted by Gasteiger charge is -2.32. The van der Waals surface area contributed by atoms with Gasteiger partial charge in [0.2, 0.25) is 0 Å². The van der Waals surface area contributed by atoms with Crippen molar-refractivity contribution in [1.82, 2.24) is 15.1 Å². The Bertz CT molecular complexity index is 513. The molecule has 1 heterocycles. The second-order valence-corrected chi connectivity index (χ2v) is 7.71. The lowest BCUT2D eigenvalue weighted by atomic mass is 9.87. The molecular formula is C19H32N4O. The van der Waals surface area contributed by atoms with Crippen LogP contribution in [0.1, 0.15) is 32.8 Å². The Balaban J connectivity index is 1.64. The zero-order valence-corrected chi connectivity index (χ0v) is 15.6. The fourth-order valence-corrected chi connectivity index (χ4v) is 2.80. The van der Waals surface area contributed by atoms with Gasteiger partial charge in [-0.25, -0.2) is 4.79 Å². The molecule has 1 saturated heterocycles. The van der Waals surface area contributed by atoms with Crippen molar-refractivity contribution < 1.29 is 4.79 Å². The van der Waals surface area contributed by atoms with Gasteiger partial charge in [0.15, 0.2) is 0 Å². The molecule has 5 nitrogen and oxygen atoms in total. The van der Waals surface area contributed by atoms with Crippen molar-refractivity contribution in [3.05, 3.63) is 29.8 Å². The van der Waals surface area contributed by atoms with Crippen LogP contribution >= 0.6 is 0 Å². The second-order valence-electron chi connectivity index (χ2n) is 7.71. The minimum Gasteiger partial charge on any atom is -0.338 e. The van der Waals surface area contributed by atoms with Gasteiger partial charge in [-0.1, -0.05) is 32.9 Å². The number of hydrogen-bond acceptors (Lipinski definition) is 3. The predicted molar refractivity (Wildman–Crippen MR) is 101 cm³/mol. The van der Waals surface area contributed by atoms with Crippen molar-refractivity contribution in [2.45, 2.75) is 32.6 Å². The number of hydrogen-bond donors (Lipinski definition) is 2. The number of urea groups is 1. The molecule has 1 aliphatic rings. The van der Waals surface area contributed by atoms with Crippen LogP contribution in [0.2, 0.25) is 0 Å². The van der Waals surface area contributed by atoms with Gasteiger partial charge in [-0.2, -0.15) is 0 Å². The van der Waals surface area contributed by atoms with Gasteiger partial charge in [0.05, 0.1) is 0 Å². The summed E-state index contributed by atoms with van der Waals surface area (Å²) in [6, 6.07) is 7.94. The molecule has 24 heavy (non-hydrogen) atoms. The first-order valence-electron chi connectivity index (χ1n) is 8.91. The average Bonchev–Trinajstić information content (AvgIpc) is 2.53. The summed E-state index contributed by atoms with van der Waals surface area (Å²) < 4.78 is 0. The Morgan fingerprint density at radius 2 is 1.71 bits per heavy atom. The van der Waals surface area contributed by atoms with E-state index in [2.05, 4.69) is 60.4 Å². The summed E-state index contributed by atoms with van der Waals surface area (Å²) in [6.07, 6.45) is 0.986. The van der Waals surface area contributed by atoms with Crippen molar-refractivity contribution in [1.29, 1.82) is 0 Å². The number of nitrogens with one attached hydrogen (secondary N) is 2. The van der Waals surface area contributed by atoms with Crippen molar-refractivity contribution in [2.24, 2.45) is 0 Å². The molecule has 1 aliphatic heterocycles. The topological polar surface area (TPSA) is 47.6 Å². The lowest BCUT2D eigenvalue weighted by Crippen LogP contribution is -2.45. The van der Waals surface area contributed by atoms with E-state index in [4.69, 9.17) is 0 Å². The van der Waals surface area contributed by atoms with Crippen LogP contribution in [0.4, 0.5) is 10.5 Å². The van der Waals surface area contributed by atoms with Gasteiger partial charge >= 0.3 is 6.03 Å². The van der Waals surface area contributed by atoms with E-state index in [1.165, 1.54) is 5.56 Å². The maximum absolute atomic E-state index is 11.9. The highest BCUT2D eigenvalue weighted by atomic mass is 16.2. The zero-order chi connectivity index (χ0) is 17.6. The standard InChI is InChI=1S/C19H32N4O/c1-19(2,3)16-6-8-17(9-7-16)21-18(24)20-10-5-11-23-14-12-22(4)13-15-23/h6-9H,5,10-15H2,1-4H3,(H2,20,21,24). The summed E-state index contributed by atoms with van der Waals surface area (Å²) in [4.78, 5) is 16.8. The Morgan fingerprint density at radius 3 is 2.29 bits per heavy atom. The van der Waals surface area contributed by atoms with Crippen LogP contribution in [0, 0.1) is 0 Å². The van der Waals surface area contributed by atoms with E-state index in [9.17, 15) is 4.79 Å². The fourth-order valence-electron chi connectivity index (χ4n) is 2.80. The summed E-state index contributed by atoms with van der Waals surface area (Å²) >= 11 is 0. The average molecular weight is 332 g/mol. The van der Waals surface area contributed by atoms with E-state index in [1.54, 1.807) is 0 Å². The van der Waals surface area contributed by atoms with Gasteiger partial charge in [0.25, 0.3) is 0 Å². The molecule has 5 heteroatoms. The quantitative estimate of drug-likeness (QED) is 0.815. The first-order chi connectivity index (χ1) is 11.3. The molecule has 0 bridgehead atoms. The van der Waals surface area contributed by atoms with Crippen molar-refractivity contribution in [2.75, 3.05) is 51.6 Å². The van der Waals surface area contributed by atoms with Gasteiger partial charge in [0.1, 0.15) is 0 Å². The second kappa shape index (κ2) is 8.49. The maximum atomic E-state index is 11.9. The molecule has 0 saturated carbocycles. The number of likely N-dealkylation sites (N-methyl/N-ethyl adjacent to an activating group) is 1. The Kier molecular flexibility index (Phi) is 6.63. The normalized spacial score (nSPS) is 16.8. The molecule has 0 aliphatic carbocycles. The molecule has 0 radical (unpaired) electrons. The highest BCUT2D eigenvalue weighted by Crippen LogP contribution is 2.23. The third-order valence-corrected chi connectivity index (χ3v) is 4.54. The molecule has 2 amide bonds. The van der Waals surface area contributed by atoms with E-state index >= 15 is 0 Å². The van der Waals surface area contributed by atoms with E-state index in [0.717, 1.165) is 44.8 Å². The minimum absolute atomic E-state index is 0.128. The smallest absolute Gasteiger partial charge is 0.319 e. The number of amides is 2. The monoisotopic (exact) mass is 332 g/mol. The summed E-state index contributed by atoms with van der Waals surface area (Å²) in [5.74, 6) is 0. The highest BCUT2D eigenvalue weighted by Gasteiger charge is 2.14. The van der Waals surface area contributed by atoms with Gasteiger partial charge in [0, 0.05) is 38.4 Å². The summed E-state index contributed by atoms with van der Waals surface area (Å²) in [6.45, 7) is 12.8. The van der Waals surface area contributed by atoms with Crippen LogP contribution in [0.15, 0.2) is 24.3 Å². The number of nitrogens with zero attached hydrogens (tertiary/aromatic N) is 2. The fraction of sp³-hybridized carbons (Fsp3) is 0.632. The van der Waals surface area contributed by atoms with Crippen LogP contribution in [0.25, 0.3) is 0 Å². The number of rotatable bonds is 5. The van der Waals surface area contributed by atoms with Gasteiger partial charge in [-0.05, 0) is 43.1 Å². The summed E-state index contributed by atoms with van der Waals surface area (Å²) in [5.41, 5.74) is 2.23. The number of piperazine rings is 1. The molecule has 1 fully saturated rings. The number of benzene rings is 1. The molecular weight excluding hydrogens is 300 g/mol. The lowest BCUT2D eigenvalue weighted by molar-refractivity contribution is 0.153. The van der Waals surface area contributed by atoms with Crippen molar-refractivity contribution in [3.8, 4) is 0 Å². The third kappa shape index (κ3) is 6.13. The molecule has 1 aromatic rings. The summed E-state index contributed by atoms with van der Waals surface area (Å²) in [5, 5.41) is 5.83. The zero-order valence-electron chi connectivity index (χ0n) is 15.6.